The van der Waals surface area contributed by atoms with Gasteiger partial charge in [0, 0.05) is 37.3 Å². The van der Waals surface area contributed by atoms with Crippen molar-refractivity contribution >= 4 is 27.3 Å². The quantitative estimate of drug-likeness (QED) is 0.670. The zero-order valence-corrected chi connectivity index (χ0v) is 13.2. The molecule has 0 saturated carbocycles. The fourth-order valence-electron chi connectivity index (χ4n) is 2.51. The first-order chi connectivity index (χ1) is 9.75. The molecule has 0 aliphatic carbocycles. The molecule has 1 aromatic rings. The van der Waals surface area contributed by atoms with E-state index >= 15 is 0 Å². The lowest BCUT2D eigenvalue weighted by molar-refractivity contribution is -0.385. The predicted molar refractivity (Wildman–Crippen MR) is 78.9 cm³/mol. The van der Waals surface area contributed by atoms with Crippen molar-refractivity contribution in [3.05, 3.63) is 33.3 Å². The maximum absolute atomic E-state index is 12.8. The molecule has 1 heterocycles. The zero-order valence-electron chi connectivity index (χ0n) is 11.6. The van der Waals surface area contributed by atoms with Crippen LogP contribution in [0, 0.1) is 10.1 Å². The highest BCUT2D eigenvalue weighted by atomic mass is 35.5. The van der Waals surface area contributed by atoms with Crippen molar-refractivity contribution in [2.45, 2.75) is 30.8 Å². The molecule has 0 radical (unpaired) electrons. The number of sulfonamides is 1. The van der Waals surface area contributed by atoms with E-state index in [0.717, 1.165) is 6.07 Å². The highest BCUT2D eigenvalue weighted by Crippen LogP contribution is 2.31. The average Bonchev–Trinajstić information content (AvgIpc) is 2.38. The number of benzene rings is 1. The van der Waals surface area contributed by atoms with Gasteiger partial charge < -0.3 is 5.32 Å². The van der Waals surface area contributed by atoms with Crippen molar-refractivity contribution in [3.63, 3.8) is 0 Å². The Hall–Kier alpha value is -1.22. The van der Waals surface area contributed by atoms with Crippen LogP contribution in [0.5, 0.6) is 0 Å². The first kappa shape index (κ1) is 16.2. The number of hydrogen-bond acceptors (Lipinski definition) is 5. The summed E-state index contributed by atoms with van der Waals surface area (Å²) in [5.74, 6) is 0. The number of nitrogens with one attached hydrogen (secondary N) is 1. The Morgan fingerprint density at radius 3 is 2.43 bits per heavy atom. The van der Waals surface area contributed by atoms with Crippen LogP contribution in [-0.4, -0.2) is 42.8 Å². The van der Waals surface area contributed by atoms with E-state index in [2.05, 4.69) is 5.32 Å². The highest BCUT2D eigenvalue weighted by Gasteiger charge is 2.37. The molecule has 1 N–H and O–H groups in total. The molecule has 0 amide bonds. The minimum Gasteiger partial charge on any atom is -0.314 e. The Kier molecular flexibility index (Phi) is 4.52. The third kappa shape index (κ3) is 3.03. The third-order valence-corrected chi connectivity index (χ3v) is 6.04. The van der Waals surface area contributed by atoms with Crippen LogP contribution >= 0.6 is 11.6 Å². The summed E-state index contributed by atoms with van der Waals surface area (Å²) in [5, 5.41) is 14.0. The Bertz CT molecular complexity index is 654. The van der Waals surface area contributed by atoms with Crippen molar-refractivity contribution in [1.82, 2.24) is 9.62 Å². The lowest BCUT2D eigenvalue weighted by atomic mass is 10.2. The van der Waals surface area contributed by atoms with Crippen LogP contribution in [-0.2, 0) is 10.0 Å². The summed E-state index contributed by atoms with van der Waals surface area (Å²) in [6, 6.07) is 2.93. The van der Waals surface area contributed by atoms with Crippen LogP contribution < -0.4 is 5.32 Å². The van der Waals surface area contributed by atoms with Crippen LogP contribution in [0.4, 0.5) is 5.69 Å². The summed E-state index contributed by atoms with van der Waals surface area (Å²) in [4.78, 5) is 9.98. The molecule has 1 saturated heterocycles. The molecule has 2 atom stereocenters. The van der Waals surface area contributed by atoms with Crippen molar-refractivity contribution in [3.8, 4) is 0 Å². The Morgan fingerprint density at radius 2 is 1.90 bits per heavy atom. The van der Waals surface area contributed by atoms with Gasteiger partial charge >= 0.3 is 0 Å². The van der Waals surface area contributed by atoms with Crippen LogP contribution in [0.1, 0.15) is 13.8 Å². The van der Waals surface area contributed by atoms with E-state index in [9.17, 15) is 18.5 Å². The molecule has 1 aromatic carbocycles. The number of nitrogens with zero attached hydrogens (tertiary/aromatic N) is 2. The van der Waals surface area contributed by atoms with Gasteiger partial charge in [0.1, 0.15) is 4.90 Å². The largest absolute Gasteiger partial charge is 0.314 e. The molecular formula is C12H16ClN3O4S. The molecule has 116 valence electrons. The minimum atomic E-state index is -3.89. The average molecular weight is 334 g/mol. The van der Waals surface area contributed by atoms with Gasteiger partial charge in [0.05, 0.1) is 9.95 Å². The maximum atomic E-state index is 12.8. The number of nitro benzene ring substituents is 1. The smallest absolute Gasteiger partial charge is 0.270 e. The lowest BCUT2D eigenvalue weighted by Gasteiger charge is -2.38. The van der Waals surface area contributed by atoms with E-state index in [1.54, 1.807) is 13.8 Å². The third-order valence-electron chi connectivity index (χ3n) is 3.43. The predicted octanol–water partition coefficient (Wildman–Crippen LogP) is 1.62. The van der Waals surface area contributed by atoms with Crippen LogP contribution in [0.2, 0.25) is 5.02 Å². The molecule has 1 fully saturated rings. The normalized spacial score (nSPS) is 24.0. The fourth-order valence-corrected chi connectivity index (χ4v) is 4.82. The standard InChI is InChI=1S/C12H16ClN3O4S/c1-8-6-14-7-9(2)15(8)21(19,20)12-5-10(16(17)18)3-4-11(12)13/h3-5,8-9,14H,6-7H2,1-2H3. The summed E-state index contributed by atoms with van der Waals surface area (Å²) in [7, 11) is -3.89. The molecule has 21 heavy (non-hydrogen) atoms. The van der Waals surface area contributed by atoms with Gasteiger partial charge in [0.15, 0.2) is 0 Å². The maximum Gasteiger partial charge on any atom is 0.270 e. The van der Waals surface area contributed by atoms with Gasteiger partial charge in [-0.1, -0.05) is 11.6 Å². The fraction of sp³-hybridized carbons (Fsp3) is 0.500. The van der Waals surface area contributed by atoms with Crippen molar-refractivity contribution in [2.24, 2.45) is 0 Å². The highest BCUT2D eigenvalue weighted by molar-refractivity contribution is 7.89. The number of halogens is 1. The topological polar surface area (TPSA) is 92.6 Å². The van der Waals surface area contributed by atoms with E-state index in [1.165, 1.54) is 16.4 Å². The van der Waals surface area contributed by atoms with Crippen LogP contribution in [0.25, 0.3) is 0 Å². The molecule has 2 rings (SSSR count). The Balaban J connectivity index is 2.53. The number of piperazine rings is 1. The number of nitro groups is 1. The molecule has 0 bridgehead atoms. The number of hydrogen-bond donors (Lipinski definition) is 1. The second kappa shape index (κ2) is 5.88. The van der Waals surface area contributed by atoms with E-state index in [-0.39, 0.29) is 27.7 Å². The van der Waals surface area contributed by atoms with Crippen molar-refractivity contribution < 1.29 is 13.3 Å². The van der Waals surface area contributed by atoms with Gasteiger partial charge in [-0.25, -0.2) is 8.42 Å². The Labute approximate surface area is 128 Å². The summed E-state index contributed by atoms with van der Waals surface area (Å²) >= 11 is 5.96. The van der Waals surface area contributed by atoms with Gasteiger partial charge in [-0.05, 0) is 19.9 Å². The van der Waals surface area contributed by atoms with Gasteiger partial charge in [0.2, 0.25) is 10.0 Å². The molecule has 7 nitrogen and oxygen atoms in total. The van der Waals surface area contributed by atoms with Gasteiger partial charge in [-0.3, -0.25) is 10.1 Å². The molecule has 2 unspecified atom stereocenters. The molecular weight excluding hydrogens is 318 g/mol. The van der Waals surface area contributed by atoms with E-state index < -0.39 is 14.9 Å². The SMILES string of the molecule is CC1CNCC(C)N1S(=O)(=O)c1cc([N+](=O)[O-])ccc1Cl. The Morgan fingerprint density at radius 1 is 1.33 bits per heavy atom. The van der Waals surface area contributed by atoms with Crippen molar-refractivity contribution in [1.29, 1.82) is 0 Å². The van der Waals surface area contributed by atoms with Crippen molar-refractivity contribution in [2.75, 3.05) is 13.1 Å². The van der Waals surface area contributed by atoms with Gasteiger partial charge in [-0.15, -0.1) is 0 Å². The van der Waals surface area contributed by atoms with E-state index in [0.29, 0.717) is 13.1 Å². The summed E-state index contributed by atoms with van der Waals surface area (Å²) in [5.41, 5.74) is -0.298. The number of non-ortho nitro benzene ring substituents is 1. The van der Waals surface area contributed by atoms with Crippen LogP contribution in [0.3, 0.4) is 0 Å². The summed E-state index contributed by atoms with van der Waals surface area (Å²) in [6.45, 7) is 4.61. The second-order valence-corrected chi connectivity index (χ2v) is 7.28. The first-order valence-corrected chi connectivity index (χ1v) is 8.25. The summed E-state index contributed by atoms with van der Waals surface area (Å²) < 4.78 is 26.9. The van der Waals surface area contributed by atoms with E-state index in [4.69, 9.17) is 11.6 Å². The monoisotopic (exact) mass is 333 g/mol. The molecule has 0 spiro atoms. The van der Waals surface area contributed by atoms with Gasteiger partial charge in [-0.2, -0.15) is 4.31 Å². The zero-order chi connectivity index (χ0) is 15.8. The molecule has 0 aromatic heterocycles. The second-order valence-electron chi connectivity index (χ2n) is 5.06. The summed E-state index contributed by atoms with van der Waals surface area (Å²) in [6.07, 6.45) is 0. The molecule has 9 heteroatoms. The van der Waals surface area contributed by atoms with Crippen LogP contribution in [0.15, 0.2) is 23.1 Å². The lowest BCUT2D eigenvalue weighted by Crippen LogP contribution is -2.57. The number of rotatable bonds is 3. The van der Waals surface area contributed by atoms with Gasteiger partial charge in [0.25, 0.3) is 5.69 Å². The first-order valence-electron chi connectivity index (χ1n) is 6.43. The molecule has 1 aliphatic rings. The molecule has 1 aliphatic heterocycles. The van der Waals surface area contributed by atoms with E-state index in [1.807, 2.05) is 0 Å². The minimum absolute atomic E-state index is 0.0152.